The largest absolute Gasteiger partial charge is 0.493 e. The van der Waals surface area contributed by atoms with Crippen molar-refractivity contribution in [1.29, 1.82) is 0 Å². The van der Waals surface area contributed by atoms with Gasteiger partial charge in [-0.15, -0.1) is 0 Å². The molecular formula is C19H30N2O3. The van der Waals surface area contributed by atoms with Crippen molar-refractivity contribution >= 4 is 0 Å². The summed E-state index contributed by atoms with van der Waals surface area (Å²) in [6, 6.07) is 6.27. The fourth-order valence-corrected chi connectivity index (χ4v) is 3.95. The van der Waals surface area contributed by atoms with E-state index in [1.807, 2.05) is 6.07 Å². The molecule has 0 aliphatic carbocycles. The lowest BCUT2D eigenvalue weighted by atomic mass is 9.78. The van der Waals surface area contributed by atoms with Crippen molar-refractivity contribution in [2.24, 2.45) is 5.41 Å². The third-order valence-corrected chi connectivity index (χ3v) is 5.36. The number of hydrogen-bond acceptors (Lipinski definition) is 5. The molecule has 2 heterocycles. The van der Waals surface area contributed by atoms with Gasteiger partial charge in [0.15, 0.2) is 11.5 Å². The van der Waals surface area contributed by atoms with Crippen LogP contribution in [0.3, 0.4) is 0 Å². The molecule has 0 atom stereocenters. The number of nitrogens with one attached hydrogen (secondary N) is 1. The highest BCUT2D eigenvalue weighted by Crippen LogP contribution is 2.39. The molecular weight excluding hydrogens is 304 g/mol. The van der Waals surface area contributed by atoms with Crippen LogP contribution in [-0.2, 0) is 11.3 Å². The van der Waals surface area contributed by atoms with Gasteiger partial charge in [0.05, 0.1) is 13.7 Å². The number of nitrogens with zero attached hydrogens (tertiary/aromatic N) is 1. The third kappa shape index (κ3) is 4.21. The highest BCUT2D eigenvalue weighted by atomic mass is 16.5. The van der Waals surface area contributed by atoms with Crippen LogP contribution >= 0.6 is 0 Å². The van der Waals surface area contributed by atoms with Gasteiger partial charge in [0, 0.05) is 20.2 Å². The standard InChI is InChI=1S/C19H30N2O3/c1-22-11-12-24-17-4-3-16(13-18(17)23-2)14-21-10-7-19(15-21)5-8-20-9-6-19/h3-4,13,20H,5-12,14-15H2,1-2H3. The van der Waals surface area contributed by atoms with E-state index in [-0.39, 0.29) is 0 Å². The number of ether oxygens (including phenoxy) is 3. The van der Waals surface area contributed by atoms with Gasteiger partial charge in [0.2, 0.25) is 0 Å². The lowest BCUT2D eigenvalue weighted by Gasteiger charge is -2.34. The molecule has 0 saturated carbocycles. The molecule has 0 unspecified atom stereocenters. The fraction of sp³-hybridized carbons (Fsp3) is 0.684. The second-order valence-corrected chi connectivity index (χ2v) is 7.04. The molecule has 0 radical (unpaired) electrons. The van der Waals surface area contributed by atoms with Crippen LogP contribution < -0.4 is 14.8 Å². The third-order valence-electron chi connectivity index (χ3n) is 5.36. The van der Waals surface area contributed by atoms with Gasteiger partial charge >= 0.3 is 0 Å². The van der Waals surface area contributed by atoms with Crippen molar-refractivity contribution < 1.29 is 14.2 Å². The monoisotopic (exact) mass is 334 g/mol. The summed E-state index contributed by atoms with van der Waals surface area (Å²) in [4.78, 5) is 2.59. The number of likely N-dealkylation sites (tertiary alicyclic amines) is 1. The lowest BCUT2D eigenvalue weighted by Crippen LogP contribution is -2.38. The Kier molecular flexibility index (Phi) is 5.98. The molecule has 2 saturated heterocycles. The second kappa shape index (κ2) is 8.19. The smallest absolute Gasteiger partial charge is 0.161 e. The minimum absolute atomic E-state index is 0.537. The van der Waals surface area contributed by atoms with Crippen LogP contribution in [0.2, 0.25) is 0 Å². The zero-order valence-electron chi connectivity index (χ0n) is 15.0. The van der Waals surface area contributed by atoms with Crippen LogP contribution in [-0.4, -0.2) is 58.5 Å². The predicted octanol–water partition coefficient (Wildman–Crippen LogP) is 2.30. The Morgan fingerprint density at radius 1 is 1.08 bits per heavy atom. The molecule has 1 N–H and O–H groups in total. The normalized spacial score (nSPS) is 20.4. The molecule has 0 amide bonds. The molecule has 5 nitrogen and oxygen atoms in total. The Balaban J connectivity index is 1.59. The average Bonchev–Trinajstić information content (AvgIpc) is 2.98. The molecule has 1 spiro atoms. The van der Waals surface area contributed by atoms with E-state index in [1.165, 1.54) is 51.0 Å². The highest BCUT2D eigenvalue weighted by molar-refractivity contribution is 5.43. The zero-order valence-corrected chi connectivity index (χ0v) is 15.0. The van der Waals surface area contributed by atoms with Gasteiger partial charge in [0.25, 0.3) is 0 Å². The SMILES string of the molecule is COCCOc1ccc(CN2CCC3(CCNCC3)C2)cc1OC. The number of rotatable bonds is 7. The van der Waals surface area contributed by atoms with E-state index in [0.717, 1.165) is 18.0 Å². The maximum atomic E-state index is 5.71. The van der Waals surface area contributed by atoms with Gasteiger partial charge in [-0.2, -0.15) is 0 Å². The van der Waals surface area contributed by atoms with E-state index in [9.17, 15) is 0 Å². The van der Waals surface area contributed by atoms with Crippen molar-refractivity contribution in [1.82, 2.24) is 10.2 Å². The summed E-state index contributed by atoms with van der Waals surface area (Å²) in [5.74, 6) is 1.59. The van der Waals surface area contributed by atoms with Crippen LogP contribution in [0, 0.1) is 5.41 Å². The molecule has 2 aliphatic rings. The highest BCUT2D eigenvalue weighted by Gasteiger charge is 2.38. The Labute approximate surface area is 145 Å². The quantitative estimate of drug-likeness (QED) is 0.775. The summed E-state index contributed by atoms with van der Waals surface area (Å²) < 4.78 is 16.2. The van der Waals surface area contributed by atoms with E-state index >= 15 is 0 Å². The number of methoxy groups -OCH3 is 2. The van der Waals surface area contributed by atoms with Gasteiger partial charge in [0.1, 0.15) is 6.61 Å². The van der Waals surface area contributed by atoms with Crippen molar-refractivity contribution in [3.05, 3.63) is 23.8 Å². The molecule has 2 aliphatic heterocycles. The maximum absolute atomic E-state index is 5.71. The first-order valence-electron chi connectivity index (χ1n) is 8.96. The molecule has 0 aromatic heterocycles. The van der Waals surface area contributed by atoms with Gasteiger partial charge in [-0.3, -0.25) is 4.90 Å². The van der Waals surface area contributed by atoms with E-state index in [0.29, 0.717) is 18.6 Å². The Bertz CT molecular complexity index is 529. The first-order valence-corrected chi connectivity index (χ1v) is 8.96. The lowest BCUT2D eigenvalue weighted by molar-refractivity contribution is 0.144. The van der Waals surface area contributed by atoms with Crippen molar-refractivity contribution in [2.45, 2.75) is 25.8 Å². The first-order chi connectivity index (χ1) is 11.7. The average molecular weight is 334 g/mol. The summed E-state index contributed by atoms with van der Waals surface area (Å²) in [5, 5.41) is 3.48. The van der Waals surface area contributed by atoms with Crippen molar-refractivity contribution in [3.8, 4) is 11.5 Å². The molecule has 1 aromatic rings. The van der Waals surface area contributed by atoms with Gasteiger partial charge in [-0.05, 0) is 62.0 Å². The summed E-state index contributed by atoms with van der Waals surface area (Å²) in [5.41, 5.74) is 1.84. The maximum Gasteiger partial charge on any atom is 0.161 e. The Morgan fingerprint density at radius 2 is 1.92 bits per heavy atom. The van der Waals surface area contributed by atoms with Gasteiger partial charge < -0.3 is 19.5 Å². The predicted molar refractivity (Wildman–Crippen MR) is 94.8 cm³/mol. The van der Waals surface area contributed by atoms with Crippen molar-refractivity contribution in [3.63, 3.8) is 0 Å². The molecule has 2 fully saturated rings. The fourth-order valence-electron chi connectivity index (χ4n) is 3.95. The van der Waals surface area contributed by atoms with E-state index < -0.39 is 0 Å². The Hall–Kier alpha value is -1.30. The van der Waals surface area contributed by atoms with Gasteiger partial charge in [-0.25, -0.2) is 0 Å². The summed E-state index contributed by atoms with van der Waals surface area (Å²) in [6.45, 7) is 6.89. The minimum Gasteiger partial charge on any atom is -0.493 e. The number of hydrogen-bond donors (Lipinski definition) is 1. The van der Waals surface area contributed by atoms with E-state index in [2.05, 4.69) is 22.3 Å². The molecule has 5 heteroatoms. The Morgan fingerprint density at radius 3 is 2.67 bits per heavy atom. The molecule has 3 rings (SSSR count). The van der Waals surface area contributed by atoms with Crippen LogP contribution in [0.1, 0.15) is 24.8 Å². The molecule has 1 aromatic carbocycles. The van der Waals surface area contributed by atoms with Crippen LogP contribution in [0.4, 0.5) is 0 Å². The molecule has 0 bridgehead atoms. The topological polar surface area (TPSA) is 43.0 Å². The van der Waals surface area contributed by atoms with Gasteiger partial charge in [-0.1, -0.05) is 6.07 Å². The van der Waals surface area contributed by atoms with Crippen LogP contribution in [0.15, 0.2) is 18.2 Å². The summed E-state index contributed by atoms with van der Waals surface area (Å²) in [7, 11) is 3.37. The summed E-state index contributed by atoms with van der Waals surface area (Å²) >= 11 is 0. The van der Waals surface area contributed by atoms with Crippen LogP contribution in [0.5, 0.6) is 11.5 Å². The zero-order chi connectivity index (χ0) is 16.8. The number of benzene rings is 1. The van der Waals surface area contributed by atoms with E-state index in [1.54, 1.807) is 14.2 Å². The minimum atomic E-state index is 0.537. The molecule has 134 valence electrons. The number of piperidine rings is 1. The molecule has 24 heavy (non-hydrogen) atoms. The summed E-state index contributed by atoms with van der Waals surface area (Å²) in [6.07, 6.45) is 3.97. The van der Waals surface area contributed by atoms with E-state index in [4.69, 9.17) is 14.2 Å². The van der Waals surface area contributed by atoms with Crippen LogP contribution in [0.25, 0.3) is 0 Å². The van der Waals surface area contributed by atoms with Crippen molar-refractivity contribution in [2.75, 3.05) is 53.6 Å². The second-order valence-electron chi connectivity index (χ2n) is 7.04. The first kappa shape index (κ1) is 17.5.